The Bertz CT molecular complexity index is 2170. The van der Waals surface area contributed by atoms with Gasteiger partial charge >= 0.3 is 33.3 Å². The van der Waals surface area contributed by atoms with Gasteiger partial charge in [-0.15, -0.1) is 0 Å². The summed E-state index contributed by atoms with van der Waals surface area (Å²) < 4.78 is 58.9. The summed E-state index contributed by atoms with van der Waals surface area (Å²) in [6.07, 6.45) is 20.5. The summed E-state index contributed by atoms with van der Waals surface area (Å²) in [5.74, 6) is -5.31. The van der Waals surface area contributed by atoms with Gasteiger partial charge in [0.15, 0.2) is 6.10 Å². The number of phosphoric acid groups is 2. The number of allylic oxidation sites excluding steroid dienone is 8. The standard InChI is InChI=1S/C52H83N3O18P2/c1-3-5-7-8-9-10-11-12-13-14-15-16-17-18-19-20-26-30-48(60)71-40-36-68-47(59)29-25-22-21-24-28-42-44(58)35-43(57)41(32-31-39(56)27-23-6-4-2)49(61)50(62)45(38-70-75(66,67)73-74(64,65)69-37-40)72-51(42)55-34-33-46(53)54-52(55)63/h12-13,15-16,18-19,21,24,31-34,39-42,44-45,49-51,56,58,61-62H,3-11,14,17,20,22-23,25-30,35-38H2,1-2H3,(H,64,65)(H,66,67)(H2,53,54,63)/b13-12-,16-15-,19-18-,24-21-,32-31+/t39-,40+,41-,42-,44-,45+,49-,50+,51+/m0/s1. The highest BCUT2D eigenvalue weighted by Gasteiger charge is 2.45. The van der Waals surface area contributed by atoms with Crippen molar-refractivity contribution in [2.24, 2.45) is 11.8 Å². The number of nitrogens with two attached hydrogens (primary N) is 1. The van der Waals surface area contributed by atoms with Crippen molar-refractivity contribution in [2.45, 2.75) is 192 Å². The van der Waals surface area contributed by atoms with Crippen LogP contribution in [0.5, 0.6) is 0 Å². The van der Waals surface area contributed by atoms with Crippen LogP contribution in [0.3, 0.4) is 0 Å². The first kappa shape index (κ1) is 65.3. The van der Waals surface area contributed by atoms with Crippen LogP contribution >= 0.6 is 15.6 Å². The van der Waals surface area contributed by atoms with Gasteiger partial charge in [-0.25, -0.2) is 13.9 Å². The van der Waals surface area contributed by atoms with E-state index in [1.165, 1.54) is 56.7 Å². The van der Waals surface area contributed by atoms with Gasteiger partial charge in [0.1, 0.15) is 36.6 Å². The lowest BCUT2D eigenvalue weighted by molar-refractivity contribution is -0.186. The first-order valence-electron chi connectivity index (χ1n) is 26.4. The maximum absolute atomic E-state index is 14.0. The molecule has 8 N–H and O–H groups in total. The van der Waals surface area contributed by atoms with Gasteiger partial charge in [-0.1, -0.05) is 126 Å². The number of phosphoric ester groups is 2. The average Bonchev–Trinajstić information content (AvgIpc) is 3.35. The Hall–Kier alpha value is -3.95. The van der Waals surface area contributed by atoms with E-state index in [1.54, 1.807) is 12.2 Å². The minimum absolute atomic E-state index is 0.0779. The Labute approximate surface area is 441 Å². The molecule has 2 aliphatic heterocycles. The highest BCUT2D eigenvalue weighted by Crippen LogP contribution is 2.60. The third-order valence-corrected chi connectivity index (χ3v) is 15.0. The molecule has 0 spiro atoms. The second-order valence-electron chi connectivity index (χ2n) is 18.8. The molecule has 11 atom stereocenters. The number of carbonyl (C=O) groups is 3. The number of esters is 2. The molecule has 0 aliphatic carbocycles. The fourth-order valence-corrected chi connectivity index (χ4v) is 10.3. The molecular weight excluding hydrogens is 1020 g/mol. The Morgan fingerprint density at radius 1 is 0.853 bits per heavy atom. The van der Waals surface area contributed by atoms with Crippen molar-refractivity contribution >= 4 is 39.2 Å². The molecule has 1 aromatic rings. The van der Waals surface area contributed by atoms with Crippen LogP contribution < -0.4 is 11.4 Å². The Balaban J connectivity index is 1.79. The predicted molar refractivity (Wildman–Crippen MR) is 280 cm³/mol. The number of hydrogen-bond acceptors (Lipinski definition) is 18. The zero-order chi connectivity index (χ0) is 55.1. The summed E-state index contributed by atoms with van der Waals surface area (Å²) >= 11 is 0. The van der Waals surface area contributed by atoms with Crippen molar-refractivity contribution in [2.75, 3.05) is 25.6 Å². The van der Waals surface area contributed by atoms with Gasteiger partial charge in [-0.3, -0.25) is 28.0 Å². The van der Waals surface area contributed by atoms with Gasteiger partial charge in [-0.05, 0) is 70.3 Å². The average molecular weight is 1100 g/mol. The summed E-state index contributed by atoms with van der Waals surface area (Å²) in [5, 5.41) is 45.7. The molecule has 21 nitrogen and oxygen atoms in total. The lowest BCUT2D eigenvalue weighted by Crippen LogP contribution is -2.51. The van der Waals surface area contributed by atoms with Crippen molar-refractivity contribution in [3.8, 4) is 0 Å². The summed E-state index contributed by atoms with van der Waals surface area (Å²) in [5.41, 5.74) is 4.74. The monoisotopic (exact) mass is 1100 g/mol. The molecule has 1 aromatic heterocycles. The smallest absolute Gasteiger partial charge is 0.462 e. The van der Waals surface area contributed by atoms with Crippen molar-refractivity contribution in [1.82, 2.24) is 9.55 Å². The van der Waals surface area contributed by atoms with E-state index in [-0.39, 0.29) is 37.9 Å². The molecule has 2 aliphatic rings. The van der Waals surface area contributed by atoms with Crippen LogP contribution in [0.15, 0.2) is 77.8 Å². The number of aliphatic hydroxyl groups excluding tert-OH is 4. The van der Waals surface area contributed by atoms with E-state index < -0.39 is 120 Å². The zero-order valence-corrected chi connectivity index (χ0v) is 45.3. The van der Waals surface area contributed by atoms with E-state index in [4.69, 9.17) is 29.0 Å². The number of aliphatic hydroxyl groups is 4. The van der Waals surface area contributed by atoms with Crippen LogP contribution in [0, 0.1) is 11.8 Å². The number of rotatable bonds is 23. The molecule has 3 rings (SSSR count). The summed E-state index contributed by atoms with van der Waals surface area (Å²) in [6.45, 7) is 1.37. The van der Waals surface area contributed by atoms with E-state index in [2.05, 4.69) is 40.5 Å². The second kappa shape index (κ2) is 36.2. The number of cyclic esters (lactones) is 1. The molecule has 0 radical (unpaired) electrons. The van der Waals surface area contributed by atoms with Gasteiger partial charge in [0.25, 0.3) is 0 Å². The molecule has 23 heteroatoms. The van der Waals surface area contributed by atoms with Crippen molar-refractivity contribution in [1.29, 1.82) is 0 Å². The first-order valence-corrected chi connectivity index (χ1v) is 29.4. The molecule has 3 heterocycles. The van der Waals surface area contributed by atoms with Crippen LogP contribution in [0.1, 0.15) is 155 Å². The van der Waals surface area contributed by atoms with Crippen molar-refractivity contribution in [3.05, 3.63) is 83.5 Å². The number of fused-ring (bicyclic) bond motifs is 3. The van der Waals surface area contributed by atoms with E-state index in [1.807, 2.05) is 19.1 Å². The Morgan fingerprint density at radius 2 is 1.49 bits per heavy atom. The first-order chi connectivity index (χ1) is 35.9. The topological polar surface area (TPSA) is 323 Å². The number of ketones is 1. The third kappa shape index (κ3) is 26.8. The molecule has 0 amide bonds. The number of anilines is 1. The molecule has 424 valence electrons. The maximum atomic E-state index is 14.0. The molecule has 75 heavy (non-hydrogen) atoms. The predicted octanol–water partition coefficient (Wildman–Crippen LogP) is 7.70. The molecule has 1 fully saturated rings. The van der Waals surface area contributed by atoms with Crippen LogP contribution in [0.25, 0.3) is 0 Å². The van der Waals surface area contributed by atoms with Gasteiger partial charge in [0.2, 0.25) is 0 Å². The van der Waals surface area contributed by atoms with Gasteiger partial charge < -0.3 is 50.2 Å². The van der Waals surface area contributed by atoms with Crippen molar-refractivity contribution < 1.29 is 81.3 Å². The number of hydrogen-bond donors (Lipinski definition) is 7. The molecule has 1 saturated heterocycles. The number of nitrogen functional groups attached to an aromatic ring is 1. The summed E-state index contributed by atoms with van der Waals surface area (Å²) in [6, 6.07) is 1.22. The Morgan fingerprint density at radius 3 is 2.19 bits per heavy atom. The third-order valence-electron chi connectivity index (χ3n) is 12.4. The van der Waals surface area contributed by atoms with Crippen LogP contribution in [0.4, 0.5) is 5.82 Å². The van der Waals surface area contributed by atoms with Gasteiger partial charge in [-0.2, -0.15) is 9.29 Å². The highest BCUT2D eigenvalue weighted by atomic mass is 31.3. The van der Waals surface area contributed by atoms with Crippen molar-refractivity contribution in [3.63, 3.8) is 0 Å². The molecule has 0 saturated carbocycles. The largest absolute Gasteiger partial charge is 0.481 e. The SMILES string of the molecule is CCCCCCCC/C=C\C/C=C\C/C=C\CCCC(=O)O[C@@H]1COC(=O)CCC/C=C\C[C@@H]2[C@H](n3ccc(N)nc3=O)O[C@H](COP(=O)(O)OP(=O)(O)OC1)[C@@H](O)[C@@H](O)[C@@H](/C=C/[C@@H](O)CCCCC)C(=O)C[C@@H]2O. The number of carbonyl (C=O) groups excluding carboxylic acids is 3. The quantitative estimate of drug-likeness (QED) is 0.0239. The normalized spacial score (nSPS) is 29.4. The molecule has 0 aromatic carbocycles. The fraction of sp³-hybridized carbons (Fsp3) is 0.673. The van der Waals surface area contributed by atoms with E-state index in [0.29, 0.717) is 32.1 Å². The summed E-state index contributed by atoms with van der Waals surface area (Å²) in [4.78, 5) is 78.1. The van der Waals surface area contributed by atoms with Crippen LogP contribution in [-0.2, 0) is 51.1 Å². The minimum atomic E-state index is -5.74. The molecule has 2 bridgehead atoms. The molecular formula is C52H83N3O18P2. The fourth-order valence-electron chi connectivity index (χ4n) is 8.20. The lowest BCUT2D eigenvalue weighted by atomic mass is 9.83. The number of Topliss-reactive ketones (excluding diaryl/α,β-unsaturated/α-hetero) is 1. The highest BCUT2D eigenvalue weighted by molar-refractivity contribution is 7.61. The van der Waals surface area contributed by atoms with E-state index in [0.717, 1.165) is 36.4 Å². The van der Waals surface area contributed by atoms with Gasteiger partial charge in [0.05, 0.1) is 37.4 Å². The number of ether oxygens (including phenoxy) is 3. The number of nitrogens with zero attached hydrogens (tertiary/aromatic N) is 2. The van der Waals surface area contributed by atoms with Crippen LogP contribution in [0.2, 0.25) is 0 Å². The van der Waals surface area contributed by atoms with E-state index in [9.17, 15) is 58.5 Å². The second-order valence-corrected chi connectivity index (χ2v) is 21.8. The van der Waals surface area contributed by atoms with Crippen LogP contribution in [-0.4, -0.2) is 114 Å². The minimum Gasteiger partial charge on any atom is -0.462 e. The number of aromatic nitrogens is 2. The summed E-state index contributed by atoms with van der Waals surface area (Å²) in [7, 11) is -11.4. The van der Waals surface area contributed by atoms with E-state index >= 15 is 0 Å². The lowest BCUT2D eigenvalue weighted by Gasteiger charge is -2.39. The molecule has 2 unspecified atom stereocenters. The van der Waals surface area contributed by atoms with Gasteiger partial charge in [0, 0.05) is 31.4 Å². The Kier molecular flexibility index (Phi) is 31.5. The zero-order valence-electron chi connectivity index (χ0n) is 43.5. The number of unbranched alkanes of at least 4 members (excludes halogenated alkanes) is 9. The maximum Gasteiger partial charge on any atom is 0.481 e.